The third kappa shape index (κ3) is 2.87. The predicted octanol–water partition coefficient (Wildman–Crippen LogP) is 3.90. The first-order valence-corrected chi connectivity index (χ1v) is 9.02. The number of para-hydroxylation sites is 1. The van der Waals surface area contributed by atoms with Gasteiger partial charge in [-0.25, -0.2) is 4.98 Å². The smallest absolute Gasteiger partial charge is 0.253 e. The number of carbonyl (C=O) groups is 1. The van der Waals surface area contributed by atoms with Crippen LogP contribution in [0.2, 0.25) is 0 Å². The number of nitrogens with two attached hydrogens (primary N) is 1. The Morgan fingerprint density at radius 2 is 1.79 bits per heavy atom. The molecule has 2 aromatic carbocycles. The van der Waals surface area contributed by atoms with E-state index in [0.29, 0.717) is 17.2 Å². The van der Waals surface area contributed by atoms with Crippen LogP contribution in [0.25, 0.3) is 10.2 Å². The van der Waals surface area contributed by atoms with E-state index < -0.39 is 0 Å². The van der Waals surface area contributed by atoms with E-state index in [1.807, 2.05) is 11.0 Å². The molecule has 0 unspecified atom stereocenters. The van der Waals surface area contributed by atoms with Gasteiger partial charge in [0, 0.05) is 30.3 Å². The van der Waals surface area contributed by atoms with E-state index in [0.717, 1.165) is 31.4 Å². The highest BCUT2D eigenvalue weighted by Crippen LogP contribution is 2.34. The van der Waals surface area contributed by atoms with Gasteiger partial charge in [-0.1, -0.05) is 12.1 Å². The van der Waals surface area contributed by atoms with Gasteiger partial charge in [0.25, 0.3) is 5.91 Å². The molecular formula is C19H19N3OS. The van der Waals surface area contributed by atoms with Gasteiger partial charge < -0.3 is 10.6 Å². The molecule has 5 heteroatoms. The summed E-state index contributed by atoms with van der Waals surface area (Å²) < 4.78 is 1.24. The normalized spacial score (nSPS) is 15.8. The number of carbonyl (C=O) groups excluding carboxylic acids is 1. The van der Waals surface area contributed by atoms with Gasteiger partial charge in [0.1, 0.15) is 0 Å². The van der Waals surface area contributed by atoms with E-state index >= 15 is 0 Å². The Bertz CT molecular complexity index is 831. The zero-order chi connectivity index (χ0) is 16.5. The van der Waals surface area contributed by atoms with E-state index in [1.165, 1.54) is 9.71 Å². The summed E-state index contributed by atoms with van der Waals surface area (Å²) in [7, 11) is 0. The van der Waals surface area contributed by atoms with E-state index in [4.69, 9.17) is 10.7 Å². The van der Waals surface area contributed by atoms with Gasteiger partial charge in [-0.2, -0.15) is 0 Å². The van der Waals surface area contributed by atoms with E-state index in [1.54, 1.807) is 35.6 Å². The van der Waals surface area contributed by atoms with E-state index in [9.17, 15) is 4.79 Å². The van der Waals surface area contributed by atoms with Crippen molar-refractivity contribution in [2.75, 3.05) is 18.8 Å². The molecule has 1 aromatic heterocycles. The van der Waals surface area contributed by atoms with Crippen LogP contribution in [0.15, 0.2) is 48.5 Å². The minimum Gasteiger partial charge on any atom is -0.399 e. The molecule has 1 amide bonds. The lowest BCUT2D eigenvalue weighted by Crippen LogP contribution is -2.37. The number of piperidine rings is 1. The summed E-state index contributed by atoms with van der Waals surface area (Å²) in [4.78, 5) is 19.3. The van der Waals surface area contributed by atoms with E-state index in [2.05, 4.69) is 18.2 Å². The summed E-state index contributed by atoms with van der Waals surface area (Å²) in [6.07, 6.45) is 1.95. The third-order valence-corrected chi connectivity index (χ3v) is 5.80. The Morgan fingerprint density at radius 3 is 2.50 bits per heavy atom. The number of aromatic nitrogens is 1. The van der Waals surface area contributed by atoms with Crippen LogP contribution in [-0.2, 0) is 0 Å². The van der Waals surface area contributed by atoms with Gasteiger partial charge in [-0.15, -0.1) is 11.3 Å². The molecule has 0 aliphatic carbocycles. The molecule has 0 atom stereocenters. The molecule has 0 saturated carbocycles. The molecule has 3 aromatic rings. The molecule has 1 fully saturated rings. The topological polar surface area (TPSA) is 59.2 Å². The van der Waals surface area contributed by atoms with Crippen molar-refractivity contribution >= 4 is 33.1 Å². The fourth-order valence-electron chi connectivity index (χ4n) is 3.20. The van der Waals surface area contributed by atoms with Gasteiger partial charge in [0.05, 0.1) is 15.2 Å². The summed E-state index contributed by atoms with van der Waals surface area (Å²) in [5.74, 6) is 0.551. The van der Waals surface area contributed by atoms with Crippen molar-refractivity contribution in [3.8, 4) is 0 Å². The maximum Gasteiger partial charge on any atom is 0.253 e. The summed E-state index contributed by atoms with van der Waals surface area (Å²) in [6.45, 7) is 1.56. The zero-order valence-electron chi connectivity index (χ0n) is 13.3. The lowest BCUT2D eigenvalue weighted by molar-refractivity contribution is 0.0713. The van der Waals surface area contributed by atoms with Gasteiger partial charge in [0.15, 0.2) is 0 Å². The van der Waals surface area contributed by atoms with Crippen molar-refractivity contribution in [3.63, 3.8) is 0 Å². The Hall–Kier alpha value is -2.40. The molecular weight excluding hydrogens is 318 g/mol. The minimum atomic E-state index is 0.0951. The molecule has 0 bridgehead atoms. The van der Waals surface area contributed by atoms with Gasteiger partial charge in [0.2, 0.25) is 0 Å². The van der Waals surface area contributed by atoms with Crippen LogP contribution in [0.3, 0.4) is 0 Å². The number of likely N-dealkylation sites (tertiary alicyclic amines) is 1. The zero-order valence-corrected chi connectivity index (χ0v) is 14.1. The highest BCUT2D eigenvalue weighted by molar-refractivity contribution is 7.18. The number of hydrogen-bond donors (Lipinski definition) is 1. The van der Waals surface area contributed by atoms with Crippen LogP contribution < -0.4 is 5.73 Å². The molecule has 2 heterocycles. The van der Waals surface area contributed by atoms with Crippen molar-refractivity contribution in [1.29, 1.82) is 0 Å². The number of anilines is 1. The van der Waals surface area contributed by atoms with Crippen LogP contribution in [0.1, 0.15) is 34.1 Å². The monoisotopic (exact) mass is 337 g/mol. The predicted molar refractivity (Wildman–Crippen MR) is 98.4 cm³/mol. The summed E-state index contributed by atoms with van der Waals surface area (Å²) in [5.41, 5.74) is 8.16. The number of benzene rings is 2. The maximum absolute atomic E-state index is 12.6. The van der Waals surface area contributed by atoms with Crippen molar-refractivity contribution in [2.45, 2.75) is 18.8 Å². The Morgan fingerprint density at radius 1 is 1.08 bits per heavy atom. The van der Waals surface area contributed by atoms with Crippen molar-refractivity contribution < 1.29 is 4.79 Å². The second kappa shape index (κ2) is 6.24. The van der Waals surface area contributed by atoms with Crippen LogP contribution in [0.5, 0.6) is 0 Å². The number of fused-ring (bicyclic) bond motifs is 1. The molecule has 4 rings (SSSR count). The lowest BCUT2D eigenvalue weighted by atomic mass is 9.97. The first-order valence-electron chi connectivity index (χ1n) is 8.21. The van der Waals surface area contributed by atoms with Crippen molar-refractivity contribution in [2.24, 2.45) is 0 Å². The number of rotatable bonds is 2. The molecule has 2 N–H and O–H groups in total. The Labute approximate surface area is 144 Å². The van der Waals surface area contributed by atoms with Crippen LogP contribution in [-0.4, -0.2) is 28.9 Å². The quantitative estimate of drug-likeness (QED) is 0.722. The summed E-state index contributed by atoms with van der Waals surface area (Å²) >= 11 is 1.78. The van der Waals surface area contributed by atoms with Crippen molar-refractivity contribution in [3.05, 3.63) is 59.1 Å². The molecule has 1 aliphatic heterocycles. The van der Waals surface area contributed by atoms with Crippen LogP contribution >= 0.6 is 11.3 Å². The SMILES string of the molecule is Nc1ccc(C(=O)N2CCC(c3nc4ccccc4s3)CC2)cc1. The number of nitrogens with zero attached hydrogens (tertiary/aromatic N) is 2. The summed E-state index contributed by atoms with van der Waals surface area (Å²) in [6, 6.07) is 15.4. The highest BCUT2D eigenvalue weighted by Gasteiger charge is 2.26. The molecule has 1 aliphatic rings. The third-order valence-electron chi connectivity index (χ3n) is 4.60. The molecule has 24 heavy (non-hydrogen) atoms. The first kappa shape index (κ1) is 15.1. The standard InChI is InChI=1S/C19H19N3OS/c20-15-7-5-14(6-8-15)19(23)22-11-9-13(10-12-22)18-21-16-3-1-2-4-17(16)24-18/h1-8,13H,9-12,20H2. The summed E-state index contributed by atoms with van der Waals surface area (Å²) in [5, 5.41) is 1.20. The van der Waals surface area contributed by atoms with Crippen molar-refractivity contribution in [1.82, 2.24) is 9.88 Å². The second-order valence-electron chi connectivity index (χ2n) is 6.21. The number of amides is 1. The van der Waals surface area contributed by atoms with E-state index in [-0.39, 0.29) is 5.91 Å². The minimum absolute atomic E-state index is 0.0951. The van der Waals surface area contributed by atoms with Gasteiger partial charge in [-0.05, 0) is 49.2 Å². The molecule has 0 spiro atoms. The number of hydrogen-bond acceptors (Lipinski definition) is 4. The Kier molecular flexibility index (Phi) is 3.94. The molecule has 122 valence electrons. The highest BCUT2D eigenvalue weighted by atomic mass is 32.1. The first-order chi connectivity index (χ1) is 11.7. The molecule has 0 radical (unpaired) electrons. The fourth-order valence-corrected chi connectivity index (χ4v) is 4.34. The number of nitrogen functional groups attached to an aromatic ring is 1. The molecule has 1 saturated heterocycles. The van der Waals surface area contributed by atoms with Crippen LogP contribution in [0, 0.1) is 0 Å². The fraction of sp³-hybridized carbons (Fsp3) is 0.263. The molecule has 4 nitrogen and oxygen atoms in total. The largest absolute Gasteiger partial charge is 0.399 e. The van der Waals surface area contributed by atoms with Crippen LogP contribution in [0.4, 0.5) is 5.69 Å². The lowest BCUT2D eigenvalue weighted by Gasteiger charge is -2.31. The second-order valence-corrected chi connectivity index (χ2v) is 7.27. The number of thiazole rings is 1. The Balaban J connectivity index is 1.44. The van der Waals surface area contributed by atoms with Gasteiger partial charge in [-0.3, -0.25) is 4.79 Å². The average molecular weight is 337 g/mol. The average Bonchev–Trinajstić information content (AvgIpc) is 3.06. The maximum atomic E-state index is 12.6. The van der Waals surface area contributed by atoms with Gasteiger partial charge >= 0.3 is 0 Å².